The zero-order valence-electron chi connectivity index (χ0n) is 23.2. The van der Waals surface area contributed by atoms with Crippen molar-refractivity contribution >= 4 is 6.08 Å². The Morgan fingerprint density at radius 2 is 1.41 bits per heavy atom. The third-order valence-electron chi connectivity index (χ3n) is 7.62. The van der Waals surface area contributed by atoms with Crippen molar-refractivity contribution in [1.82, 2.24) is 0 Å². The standard InChI is InChI=1S/C28H34O16/c1-39-16-4-10(2-3-13(16)32)25-17(7-12-14(33)5-11(31)6-15(12)40-25)41-28-26(23(37)21(35)19(9-30)43-28)44-27-24(38)22(36)20(34)18(8-29)42-27/h2-7,18-38H,8-9H2,1H3/t18-,19-,20-,21-,22+,23+,24-,25?,26-,27+,28-/m1/s1. The quantitative estimate of drug-likeness (QED) is 0.151. The number of aliphatic hydroxyl groups excluding tert-OH is 7. The van der Waals surface area contributed by atoms with Gasteiger partial charge in [0.1, 0.15) is 65.7 Å². The van der Waals surface area contributed by atoms with E-state index in [1.807, 2.05) is 0 Å². The van der Waals surface area contributed by atoms with Gasteiger partial charge in [-0.1, -0.05) is 6.07 Å². The van der Waals surface area contributed by atoms with Crippen LogP contribution >= 0.6 is 0 Å². The maximum atomic E-state index is 11.0. The first kappa shape index (κ1) is 32.0. The molecule has 2 aromatic rings. The maximum absolute atomic E-state index is 11.0. The first-order chi connectivity index (χ1) is 21.0. The number of hydrogen-bond acceptors (Lipinski definition) is 16. The molecule has 10 N–H and O–H groups in total. The van der Waals surface area contributed by atoms with Crippen LogP contribution in [0, 0.1) is 0 Å². The van der Waals surface area contributed by atoms with E-state index in [4.69, 9.17) is 28.4 Å². The Bertz CT molecular complexity index is 1350. The number of aromatic hydroxyl groups is 3. The van der Waals surface area contributed by atoms with E-state index < -0.39 is 80.7 Å². The number of phenols is 3. The lowest BCUT2D eigenvalue weighted by molar-refractivity contribution is -0.364. The average molecular weight is 627 g/mol. The van der Waals surface area contributed by atoms with Crippen LogP contribution in [-0.4, -0.2) is 133 Å². The summed E-state index contributed by atoms with van der Waals surface area (Å²) in [6.07, 6.45) is -16.7. The molecule has 0 aromatic heterocycles. The minimum absolute atomic E-state index is 0.0502. The molecule has 0 radical (unpaired) electrons. The molecule has 2 fully saturated rings. The van der Waals surface area contributed by atoms with Crippen LogP contribution in [0.4, 0.5) is 0 Å². The molecule has 1 unspecified atom stereocenters. The van der Waals surface area contributed by atoms with Crippen molar-refractivity contribution in [1.29, 1.82) is 0 Å². The van der Waals surface area contributed by atoms with E-state index in [1.165, 1.54) is 37.5 Å². The fourth-order valence-corrected chi connectivity index (χ4v) is 5.19. The van der Waals surface area contributed by atoms with Crippen molar-refractivity contribution < 1.29 is 79.5 Å². The first-order valence-electron chi connectivity index (χ1n) is 13.5. The minimum Gasteiger partial charge on any atom is -0.508 e. The van der Waals surface area contributed by atoms with E-state index in [0.29, 0.717) is 5.56 Å². The van der Waals surface area contributed by atoms with Gasteiger partial charge < -0.3 is 79.5 Å². The molecule has 242 valence electrons. The number of ether oxygens (including phenoxy) is 6. The van der Waals surface area contributed by atoms with Gasteiger partial charge in [-0.05, 0) is 18.2 Å². The summed E-state index contributed by atoms with van der Waals surface area (Å²) in [6, 6.07) is 6.55. The molecule has 5 rings (SSSR count). The largest absolute Gasteiger partial charge is 0.508 e. The molecule has 16 heteroatoms. The molecule has 3 aliphatic rings. The number of phenolic OH excluding ortho intramolecular Hbond substituents is 3. The SMILES string of the molecule is COc1cc(C2Oc3cc(O)cc(O)c3C=C2O[C@@H]2O[C@H](CO)[C@@H](O)[C@H](O)[C@H]2O[C@@H]2O[C@H](CO)[C@@H](O)[C@H](O)[C@H]2O)ccc1O. The molecule has 0 saturated carbocycles. The summed E-state index contributed by atoms with van der Waals surface area (Å²) in [5.41, 5.74) is 0.433. The van der Waals surface area contributed by atoms with Gasteiger partial charge in [0, 0.05) is 17.7 Å². The molecule has 11 atom stereocenters. The van der Waals surface area contributed by atoms with Gasteiger partial charge in [0.05, 0.1) is 25.9 Å². The third kappa shape index (κ3) is 5.96. The molecule has 2 aromatic carbocycles. The van der Waals surface area contributed by atoms with Crippen LogP contribution < -0.4 is 9.47 Å². The van der Waals surface area contributed by atoms with E-state index in [0.717, 1.165) is 6.07 Å². The number of aliphatic hydroxyl groups is 7. The summed E-state index contributed by atoms with van der Waals surface area (Å²) in [5, 5.41) is 102. The predicted molar refractivity (Wildman–Crippen MR) is 143 cm³/mol. The Hall–Kier alpha value is -3.42. The van der Waals surface area contributed by atoms with E-state index in [2.05, 4.69) is 0 Å². The number of methoxy groups -OCH3 is 1. The lowest BCUT2D eigenvalue weighted by atomic mass is 9.97. The van der Waals surface area contributed by atoms with Crippen LogP contribution in [0.2, 0.25) is 0 Å². The molecular weight excluding hydrogens is 592 g/mol. The smallest absolute Gasteiger partial charge is 0.229 e. The molecule has 0 spiro atoms. The maximum Gasteiger partial charge on any atom is 0.229 e. The van der Waals surface area contributed by atoms with Crippen molar-refractivity contribution in [3.05, 3.63) is 47.2 Å². The van der Waals surface area contributed by atoms with Crippen LogP contribution in [0.25, 0.3) is 6.08 Å². The molecular formula is C28H34O16. The van der Waals surface area contributed by atoms with Crippen LogP contribution in [-0.2, 0) is 18.9 Å². The Labute approximate surface area is 249 Å². The van der Waals surface area contributed by atoms with E-state index in [-0.39, 0.29) is 40.1 Å². The third-order valence-corrected chi connectivity index (χ3v) is 7.62. The van der Waals surface area contributed by atoms with E-state index >= 15 is 0 Å². The van der Waals surface area contributed by atoms with Crippen molar-refractivity contribution in [3.63, 3.8) is 0 Å². The summed E-state index contributed by atoms with van der Waals surface area (Å²) in [7, 11) is 1.33. The second kappa shape index (κ2) is 12.9. The highest BCUT2D eigenvalue weighted by Gasteiger charge is 2.52. The van der Waals surface area contributed by atoms with Gasteiger partial charge in [0.25, 0.3) is 0 Å². The second-order valence-electron chi connectivity index (χ2n) is 10.5. The normalized spacial score (nSPS) is 35.3. The molecule has 0 bridgehead atoms. The van der Waals surface area contributed by atoms with Gasteiger partial charge in [-0.15, -0.1) is 0 Å². The summed E-state index contributed by atoms with van der Waals surface area (Å²) in [5.74, 6) is -0.821. The monoisotopic (exact) mass is 626 g/mol. The Kier molecular flexibility index (Phi) is 9.38. The van der Waals surface area contributed by atoms with Crippen LogP contribution in [0.15, 0.2) is 36.1 Å². The fourth-order valence-electron chi connectivity index (χ4n) is 5.19. The average Bonchev–Trinajstić information content (AvgIpc) is 3.00. The zero-order chi connectivity index (χ0) is 31.9. The van der Waals surface area contributed by atoms with Gasteiger partial charge in [0.2, 0.25) is 6.29 Å². The van der Waals surface area contributed by atoms with Crippen molar-refractivity contribution in [2.45, 2.75) is 67.5 Å². The summed E-state index contributed by atoms with van der Waals surface area (Å²) in [6.45, 7) is -1.52. The van der Waals surface area contributed by atoms with Crippen LogP contribution in [0.3, 0.4) is 0 Å². The van der Waals surface area contributed by atoms with E-state index in [9.17, 15) is 51.1 Å². The molecule has 44 heavy (non-hydrogen) atoms. The molecule has 3 heterocycles. The lowest BCUT2D eigenvalue weighted by Crippen LogP contribution is -2.64. The Morgan fingerprint density at radius 3 is 2.07 bits per heavy atom. The molecule has 3 aliphatic heterocycles. The van der Waals surface area contributed by atoms with Crippen molar-refractivity contribution in [2.75, 3.05) is 20.3 Å². The molecule has 16 nitrogen and oxygen atoms in total. The van der Waals surface area contributed by atoms with Gasteiger partial charge >= 0.3 is 0 Å². The number of fused-ring (bicyclic) bond motifs is 1. The summed E-state index contributed by atoms with van der Waals surface area (Å²) >= 11 is 0. The number of rotatable bonds is 8. The summed E-state index contributed by atoms with van der Waals surface area (Å²) in [4.78, 5) is 0. The predicted octanol–water partition coefficient (Wildman–Crippen LogP) is -2.07. The van der Waals surface area contributed by atoms with Crippen LogP contribution in [0.5, 0.6) is 28.7 Å². The number of hydrogen-bond donors (Lipinski definition) is 10. The highest BCUT2D eigenvalue weighted by molar-refractivity contribution is 5.69. The van der Waals surface area contributed by atoms with Gasteiger partial charge in [-0.25, -0.2) is 0 Å². The minimum atomic E-state index is -1.88. The van der Waals surface area contributed by atoms with E-state index in [1.54, 1.807) is 0 Å². The summed E-state index contributed by atoms with van der Waals surface area (Å²) < 4.78 is 34.2. The van der Waals surface area contributed by atoms with Crippen LogP contribution in [0.1, 0.15) is 17.2 Å². The highest BCUT2D eigenvalue weighted by Crippen LogP contribution is 2.45. The molecule has 2 saturated heterocycles. The Morgan fingerprint density at radius 1 is 0.750 bits per heavy atom. The van der Waals surface area contributed by atoms with Gasteiger partial charge in [0.15, 0.2) is 30.0 Å². The molecule has 0 amide bonds. The topological polar surface area (TPSA) is 258 Å². The highest BCUT2D eigenvalue weighted by atomic mass is 16.8. The lowest BCUT2D eigenvalue weighted by Gasteiger charge is -2.46. The molecule has 0 aliphatic carbocycles. The van der Waals surface area contributed by atoms with Crippen molar-refractivity contribution in [3.8, 4) is 28.7 Å². The van der Waals surface area contributed by atoms with Gasteiger partial charge in [-0.2, -0.15) is 0 Å². The number of benzene rings is 2. The second-order valence-corrected chi connectivity index (χ2v) is 10.5. The zero-order valence-corrected chi connectivity index (χ0v) is 23.2. The Balaban J connectivity index is 1.53. The van der Waals surface area contributed by atoms with Gasteiger partial charge in [-0.3, -0.25) is 0 Å². The first-order valence-corrected chi connectivity index (χ1v) is 13.5. The fraction of sp³-hybridized carbons (Fsp3) is 0.500. The van der Waals surface area contributed by atoms with Crippen molar-refractivity contribution in [2.24, 2.45) is 0 Å².